The number of rotatable bonds is 3. The smallest absolute Gasteiger partial charge is 0.130 e. The molecule has 0 aromatic heterocycles. The number of benzene rings is 1. The molecule has 0 heterocycles. The highest BCUT2D eigenvalue weighted by Crippen LogP contribution is 2.36. The summed E-state index contributed by atoms with van der Waals surface area (Å²) in [5.41, 5.74) is -0.796. The molecule has 94 valence electrons. The summed E-state index contributed by atoms with van der Waals surface area (Å²) in [6.07, 6.45) is 5.55. The van der Waals surface area contributed by atoms with Crippen molar-refractivity contribution in [2.45, 2.75) is 5.60 Å². The number of carbonyl (C=O) groups excluding carboxylic acids is 1. The molecule has 2 rings (SSSR count). The quantitative estimate of drug-likeness (QED) is 0.853. The maximum Gasteiger partial charge on any atom is 0.130 e. The number of hydrogen-bond acceptors (Lipinski definition) is 3. The molecule has 1 aromatic rings. The SMILES string of the molecule is COC1=CC(O)(c2ccc(Cl)cc2)C(C=O)C=C1. The summed E-state index contributed by atoms with van der Waals surface area (Å²) < 4.78 is 5.10. The maximum absolute atomic E-state index is 11.1. The van der Waals surface area contributed by atoms with Crippen molar-refractivity contribution in [2.75, 3.05) is 7.11 Å². The summed E-state index contributed by atoms with van der Waals surface area (Å²) >= 11 is 5.82. The van der Waals surface area contributed by atoms with Gasteiger partial charge in [-0.05, 0) is 29.8 Å². The van der Waals surface area contributed by atoms with Crippen molar-refractivity contribution >= 4 is 17.9 Å². The van der Waals surface area contributed by atoms with Crippen molar-refractivity contribution in [3.63, 3.8) is 0 Å². The zero-order chi connectivity index (χ0) is 13.2. The third kappa shape index (κ3) is 2.19. The van der Waals surface area contributed by atoms with Crippen LogP contribution in [-0.4, -0.2) is 18.5 Å². The van der Waals surface area contributed by atoms with Gasteiger partial charge in [0.05, 0.1) is 13.0 Å². The van der Waals surface area contributed by atoms with Gasteiger partial charge >= 0.3 is 0 Å². The van der Waals surface area contributed by atoms with Crippen molar-refractivity contribution in [3.05, 3.63) is 58.8 Å². The first-order valence-corrected chi connectivity index (χ1v) is 5.86. The Hall–Kier alpha value is -1.58. The van der Waals surface area contributed by atoms with Crippen LogP contribution in [0.4, 0.5) is 0 Å². The lowest BCUT2D eigenvalue weighted by molar-refractivity contribution is -0.115. The van der Waals surface area contributed by atoms with Crippen LogP contribution in [0.2, 0.25) is 5.02 Å². The molecular formula is C14H13ClO3. The predicted molar refractivity (Wildman–Crippen MR) is 69.1 cm³/mol. The fraction of sp³-hybridized carbons (Fsp3) is 0.214. The summed E-state index contributed by atoms with van der Waals surface area (Å²) in [5.74, 6) is -0.122. The van der Waals surface area contributed by atoms with Crippen molar-refractivity contribution in [1.29, 1.82) is 0 Å². The van der Waals surface area contributed by atoms with Gasteiger partial charge < -0.3 is 14.6 Å². The number of ether oxygens (including phenoxy) is 1. The fourth-order valence-corrected chi connectivity index (χ4v) is 2.10. The third-order valence-electron chi connectivity index (χ3n) is 3.03. The molecule has 0 radical (unpaired) electrons. The van der Waals surface area contributed by atoms with E-state index in [2.05, 4.69) is 0 Å². The van der Waals surface area contributed by atoms with E-state index < -0.39 is 11.5 Å². The molecule has 1 aliphatic carbocycles. The molecule has 2 atom stereocenters. The second-order valence-electron chi connectivity index (χ2n) is 4.10. The van der Waals surface area contributed by atoms with Crippen molar-refractivity contribution < 1.29 is 14.6 Å². The molecule has 0 aliphatic heterocycles. The van der Waals surface area contributed by atoms with E-state index in [1.165, 1.54) is 13.2 Å². The van der Waals surface area contributed by atoms with Crippen molar-refractivity contribution in [2.24, 2.45) is 5.92 Å². The molecule has 18 heavy (non-hydrogen) atoms. The minimum atomic E-state index is -1.40. The van der Waals surface area contributed by atoms with E-state index in [-0.39, 0.29) is 0 Å². The highest BCUT2D eigenvalue weighted by atomic mass is 35.5. The lowest BCUT2D eigenvalue weighted by Gasteiger charge is -2.32. The Morgan fingerprint density at radius 3 is 2.61 bits per heavy atom. The predicted octanol–water partition coefficient (Wildman–Crippen LogP) is 2.44. The lowest BCUT2D eigenvalue weighted by atomic mass is 9.79. The molecule has 2 unspecified atom stereocenters. The molecule has 1 aliphatic rings. The fourth-order valence-electron chi connectivity index (χ4n) is 1.98. The van der Waals surface area contributed by atoms with Crippen LogP contribution in [0.5, 0.6) is 0 Å². The summed E-state index contributed by atoms with van der Waals surface area (Å²) in [6.45, 7) is 0. The molecule has 0 spiro atoms. The third-order valence-corrected chi connectivity index (χ3v) is 3.28. The molecular weight excluding hydrogens is 252 g/mol. The first-order valence-electron chi connectivity index (χ1n) is 5.49. The monoisotopic (exact) mass is 264 g/mol. The number of aliphatic hydroxyl groups is 1. The minimum absolute atomic E-state index is 0.519. The molecule has 1 N–H and O–H groups in total. The van der Waals surface area contributed by atoms with Crippen LogP contribution in [0.3, 0.4) is 0 Å². The van der Waals surface area contributed by atoms with E-state index in [0.29, 0.717) is 22.6 Å². The summed E-state index contributed by atoms with van der Waals surface area (Å²) in [4.78, 5) is 11.1. The number of carbonyl (C=O) groups is 1. The Balaban J connectivity index is 2.48. The van der Waals surface area contributed by atoms with Gasteiger partial charge in [0.15, 0.2) is 0 Å². The Morgan fingerprint density at radius 2 is 2.06 bits per heavy atom. The van der Waals surface area contributed by atoms with E-state index >= 15 is 0 Å². The zero-order valence-electron chi connectivity index (χ0n) is 9.84. The van der Waals surface area contributed by atoms with E-state index in [0.717, 1.165) is 0 Å². The second-order valence-corrected chi connectivity index (χ2v) is 4.54. The van der Waals surface area contributed by atoms with Gasteiger partial charge in [0.1, 0.15) is 17.6 Å². The number of hydrogen-bond donors (Lipinski definition) is 1. The van der Waals surface area contributed by atoms with E-state index in [1.54, 1.807) is 36.4 Å². The Morgan fingerprint density at radius 1 is 1.39 bits per heavy atom. The molecule has 0 saturated heterocycles. The first kappa shape index (κ1) is 12.9. The number of halogens is 1. The van der Waals surface area contributed by atoms with Gasteiger partial charge in [-0.1, -0.05) is 29.8 Å². The van der Waals surface area contributed by atoms with Gasteiger partial charge in [-0.25, -0.2) is 0 Å². The second kappa shape index (κ2) is 4.96. The summed E-state index contributed by atoms with van der Waals surface area (Å²) in [6, 6.07) is 6.74. The summed E-state index contributed by atoms with van der Waals surface area (Å²) in [7, 11) is 1.51. The minimum Gasteiger partial charge on any atom is -0.497 e. The number of aldehydes is 1. The maximum atomic E-state index is 11.1. The molecule has 3 nitrogen and oxygen atoms in total. The standard InChI is InChI=1S/C14H13ClO3/c1-18-13-7-4-11(9-16)14(17,8-13)10-2-5-12(15)6-3-10/h2-9,11,17H,1H3. The first-order chi connectivity index (χ1) is 8.60. The molecule has 0 amide bonds. The molecule has 0 bridgehead atoms. The van der Waals surface area contributed by atoms with Crippen LogP contribution in [0.15, 0.2) is 48.3 Å². The highest BCUT2D eigenvalue weighted by molar-refractivity contribution is 6.30. The highest BCUT2D eigenvalue weighted by Gasteiger charge is 2.37. The average molecular weight is 265 g/mol. The molecule has 0 saturated carbocycles. The summed E-state index contributed by atoms with van der Waals surface area (Å²) in [5, 5.41) is 11.3. The van der Waals surface area contributed by atoms with Gasteiger partial charge in [-0.2, -0.15) is 0 Å². The largest absolute Gasteiger partial charge is 0.497 e. The van der Waals surface area contributed by atoms with Crippen LogP contribution in [0.1, 0.15) is 5.56 Å². The van der Waals surface area contributed by atoms with Crippen molar-refractivity contribution in [3.8, 4) is 0 Å². The average Bonchev–Trinajstić information content (AvgIpc) is 2.39. The van der Waals surface area contributed by atoms with Crippen LogP contribution < -0.4 is 0 Å². The van der Waals surface area contributed by atoms with Gasteiger partial charge in [-0.15, -0.1) is 0 Å². The van der Waals surface area contributed by atoms with Crippen LogP contribution in [0, 0.1) is 5.92 Å². The van der Waals surface area contributed by atoms with Crippen LogP contribution in [-0.2, 0) is 15.1 Å². The van der Waals surface area contributed by atoms with Crippen LogP contribution >= 0.6 is 11.6 Å². The lowest BCUT2D eigenvalue weighted by Crippen LogP contribution is -2.35. The van der Waals surface area contributed by atoms with Gasteiger partial charge in [0, 0.05) is 5.02 Å². The van der Waals surface area contributed by atoms with Gasteiger partial charge in [-0.3, -0.25) is 0 Å². The normalized spacial score (nSPS) is 26.6. The Kier molecular flexibility index (Phi) is 3.55. The molecule has 4 heteroatoms. The van der Waals surface area contributed by atoms with Crippen molar-refractivity contribution in [1.82, 2.24) is 0 Å². The Labute approximate surface area is 110 Å². The molecule has 0 fully saturated rings. The van der Waals surface area contributed by atoms with E-state index in [4.69, 9.17) is 16.3 Å². The van der Waals surface area contributed by atoms with E-state index in [1.807, 2.05) is 0 Å². The zero-order valence-corrected chi connectivity index (χ0v) is 10.6. The molecule has 1 aromatic carbocycles. The van der Waals surface area contributed by atoms with Gasteiger partial charge in [0.2, 0.25) is 0 Å². The Bertz CT molecular complexity index is 504. The number of allylic oxidation sites excluding steroid dienone is 1. The number of methoxy groups -OCH3 is 1. The van der Waals surface area contributed by atoms with Gasteiger partial charge in [0.25, 0.3) is 0 Å². The topological polar surface area (TPSA) is 46.5 Å². The van der Waals surface area contributed by atoms with E-state index in [9.17, 15) is 9.90 Å². The van der Waals surface area contributed by atoms with Crippen LogP contribution in [0.25, 0.3) is 0 Å².